The summed E-state index contributed by atoms with van der Waals surface area (Å²) in [5, 5.41) is 7.60. The van der Waals surface area contributed by atoms with Crippen LogP contribution in [0.25, 0.3) is 0 Å². The Bertz CT molecular complexity index is 974. The second-order valence-corrected chi connectivity index (χ2v) is 9.71. The van der Waals surface area contributed by atoms with Gasteiger partial charge in [-0.05, 0) is 53.8 Å². The summed E-state index contributed by atoms with van der Waals surface area (Å²) in [5.41, 5.74) is 1.70. The Morgan fingerprint density at radius 3 is 2.62 bits per heavy atom. The van der Waals surface area contributed by atoms with E-state index < -0.39 is 17.5 Å². The van der Waals surface area contributed by atoms with Crippen molar-refractivity contribution in [2.45, 2.75) is 51.0 Å². The standard InChI is InChI=1S/C22H25N3O3S/c1-21(2,3)14-6-8-15(9-7-14)23-18(26)13-25-19(27)22(24-20(25)28)11-4-5-17-16(22)10-12-29-17/h6-10,12H,4-5,11,13H2,1-3H3,(H,23,26)(H,24,28)/t22-/m0/s1. The van der Waals surface area contributed by atoms with Crippen molar-refractivity contribution >= 4 is 34.9 Å². The fourth-order valence-corrected chi connectivity index (χ4v) is 5.08. The molecule has 4 amide bonds. The van der Waals surface area contributed by atoms with Crippen LogP contribution in [0.1, 0.15) is 49.6 Å². The Labute approximate surface area is 174 Å². The third-order valence-electron chi connectivity index (χ3n) is 5.67. The number of aryl methyl sites for hydroxylation is 1. The van der Waals surface area contributed by atoms with Gasteiger partial charge in [-0.2, -0.15) is 0 Å². The summed E-state index contributed by atoms with van der Waals surface area (Å²) >= 11 is 1.61. The van der Waals surface area contributed by atoms with Gasteiger partial charge in [0, 0.05) is 16.1 Å². The lowest BCUT2D eigenvalue weighted by molar-refractivity contribution is -0.134. The van der Waals surface area contributed by atoms with Crippen LogP contribution in [0, 0.1) is 0 Å². The van der Waals surface area contributed by atoms with Crippen molar-refractivity contribution in [1.82, 2.24) is 10.2 Å². The van der Waals surface area contributed by atoms with Gasteiger partial charge < -0.3 is 10.6 Å². The zero-order chi connectivity index (χ0) is 20.8. The highest BCUT2D eigenvalue weighted by Crippen LogP contribution is 2.42. The molecule has 0 unspecified atom stereocenters. The number of rotatable bonds is 3. The van der Waals surface area contributed by atoms with Crippen LogP contribution in [0.2, 0.25) is 0 Å². The summed E-state index contributed by atoms with van der Waals surface area (Å²) in [6.45, 7) is 6.07. The molecule has 6 nitrogen and oxygen atoms in total. The van der Waals surface area contributed by atoms with Crippen LogP contribution < -0.4 is 10.6 Å². The van der Waals surface area contributed by atoms with Gasteiger partial charge in [-0.3, -0.25) is 14.5 Å². The number of fused-ring (bicyclic) bond motifs is 2. The molecule has 1 spiro atoms. The van der Waals surface area contributed by atoms with Gasteiger partial charge in [-0.15, -0.1) is 11.3 Å². The van der Waals surface area contributed by atoms with Crippen molar-refractivity contribution in [3.63, 3.8) is 0 Å². The molecule has 1 aliphatic heterocycles. The topological polar surface area (TPSA) is 78.5 Å². The number of amides is 4. The molecule has 1 aromatic carbocycles. The van der Waals surface area contributed by atoms with Gasteiger partial charge >= 0.3 is 6.03 Å². The summed E-state index contributed by atoms with van der Waals surface area (Å²) in [6, 6.07) is 9.02. The molecule has 2 aliphatic rings. The van der Waals surface area contributed by atoms with Crippen molar-refractivity contribution in [1.29, 1.82) is 0 Å². The minimum Gasteiger partial charge on any atom is -0.325 e. The Morgan fingerprint density at radius 1 is 1.21 bits per heavy atom. The van der Waals surface area contributed by atoms with Gasteiger partial charge in [0.25, 0.3) is 5.91 Å². The number of anilines is 1. The molecular weight excluding hydrogens is 386 g/mol. The van der Waals surface area contributed by atoms with Crippen molar-refractivity contribution in [2.75, 3.05) is 11.9 Å². The predicted octanol–water partition coefficient (Wildman–Crippen LogP) is 3.77. The third kappa shape index (κ3) is 3.44. The van der Waals surface area contributed by atoms with Gasteiger partial charge in [0.15, 0.2) is 0 Å². The first-order chi connectivity index (χ1) is 13.7. The second-order valence-electron chi connectivity index (χ2n) is 8.71. The summed E-state index contributed by atoms with van der Waals surface area (Å²) < 4.78 is 0. The average molecular weight is 412 g/mol. The first-order valence-electron chi connectivity index (χ1n) is 9.82. The number of benzene rings is 1. The molecule has 0 saturated carbocycles. The molecule has 1 aromatic heterocycles. The van der Waals surface area contributed by atoms with E-state index in [1.807, 2.05) is 35.7 Å². The molecule has 2 heterocycles. The Kier molecular flexibility index (Phi) is 4.73. The Hall–Kier alpha value is -2.67. The van der Waals surface area contributed by atoms with Crippen molar-refractivity contribution < 1.29 is 14.4 Å². The smallest absolute Gasteiger partial charge is 0.325 e. The second kappa shape index (κ2) is 6.99. The predicted molar refractivity (Wildman–Crippen MR) is 113 cm³/mol. The van der Waals surface area contributed by atoms with E-state index in [0.29, 0.717) is 12.1 Å². The van der Waals surface area contributed by atoms with Crippen molar-refractivity contribution in [3.05, 3.63) is 51.7 Å². The van der Waals surface area contributed by atoms with Crippen LogP contribution in [-0.4, -0.2) is 29.3 Å². The van der Waals surface area contributed by atoms with E-state index in [-0.39, 0.29) is 17.9 Å². The zero-order valence-electron chi connectivity index (χ0n) is 16.9. The van der Waals surface area contributed by atoms with E-state index in [0.717, 1.165) is 33.7 Å². The summed E-state index contributed by atoms with van der Waals surface area (Å²) in [6.07, 6.45) is 2.32. The van der Waals surface area contributed by atoms with E-state index in [2.05, 4.69) is 31.4 Å². The minimum absolute atomic E-state index is 0.0252. The first-order valence-corrected chi connectivity index (χ1v) is 10.7. The van der Waals surface area contributed by atoms with Crippen LogP contribution >= 0.6 is 11.3 Å². The molecule has 0 radical (unpaired) electrons. The number of hydrogen-bond donors (Lipinski definition) is 2. The maximum atomic E-state index is 13.2. The van der Waals surface area contributed by atoms with E-state index in [9.17, 15) is 14.4 Å². The number of carbonyl (C=O) groups excluding carboxylic acids is 3. The third-order valence-corrected chi connectivity index (χ3v) is 6.65. The number of imide groups is 1. The molecule has 2 aromatic rings. The molecule has 1 fully saturated rings. The normalized spacial score (nSPS) is 21.3. The number of nitrogens with one attached hydrogen (secondary N) is 2. The SMILES string of the molecule is CC(C)(C)c1ccc(NC(=O)CN2C(=O)N[C@]3(CCCc4sccc43)C2=O)cc1. The number of thiophene rings is 1. The highest BCUT2D eigenvalue weighted by molar-refractivity contribution is 7.10. The van der Waals surface area contributed by atoms with Gasteiger partial charge in [0.2, 0.25) is 5.91 Å². The maximum absolute atomic E-state index is 13.2. The van der Waals surface area contributed by atoms with Crippen molar-refractivity contribution in [2.24, 2.45) is 0 Å². The lowest BCUT2D eigenvalue weighted by Gasteiger charge is -2.31. The monoisotopic (exact) mass is 411 g/mol. The first kappa shape index (κ1) is 19.6. The largest absolute Gasteiger partial charge is 0.325 e. The molecule has 152 valence electrons. The van der Waals surface area contributed by atoms with Crippen LogP contribution in [0.15, 0.2) is 35.7 Å². The van der Waals surface area contributed by atoms with Crippen LogP contribution in [0.3, 0.4) is 0 Å². The van der Waals surface area contributed by atoms with Gasteiger partial charge in [0.05, 0.1) is 0 Å². The lowest BCUT2D eigenvalue weighted by atomic mass is 9.80. The number of hydrogen-bond acceptors (Lipinski definition) is 4. The Balaban J connectivity index is 1.47. The number of carbonyl (C=O) groups is 3. The maximum Gasteiger partial charge on any atom is 0.325 e. The molecule has 2 N–H and O–H groups in total. The van der Waals surface area contributed by atoms with Crippen LogP contribution in [0.4, 0.5) is 10.5 Å². The molecular formula is C22H25N3O3S. The fraction of sp³-hybridized carbons (Fsp3) is 0.409. The molecule has 29 heavy (non-hydrogen) atoms. The molecule has 7 heteroatoms. The summed E-state index contributed by atoms with van der Waals surface area (Å²) in [5.74, 6) is -0.726. The molecule has 1 aliphatic carbocycles. The molecule has 4 rings (SSSR count). The highest BCUT2D eigenvalue weighted by Gasteiger charge is 2.54. The molecule has 1 saturated heterocycles. The van der Waals surface area contributed by atoms with Gasteiger partial charge in [0.1, 0.15) is 12.1 Å². The minimum atomic E-state index is -1.01. The van der Waals surface area contributed by atoms with E-state index in [4.69, 9.17) is 0 Å². The number of nitrogens with zero attached hydrogens (tertiary/aromatic N) is 1. The van der Waals surface area contributed by atoms with Crippen LogP contribution in [0.5, 0.6) is 0 Å². The van der Waals surface area contributed by atoms with Crippen molar-refractivity contribution in [3.8, 4) is 0 Å². The van der Waals surface area contributed by atoms with E-state index in [1.54, 1.807) is 11.3 Å². The molecule has 1 atom stereocenters. The zero-order valence-corrected chi connectivity index (χ0v) is 17.7. The quantitative estimate of drug-likeness (QED) is 0.755. The Morgan fingerprint density at radius 2 is 1.93 bits per heavy atom. The lowest BCUT2D eigenvalue weighted by Crippen LogP contribution is -2.46. The fourth-order valence-electron chi connectivity index (χ4n) is 4.08. The highest BCUT2D eigenvalue weighted by atomic mass is 32.1. The van der Waals surface area contributed by atoms with Gasteiger partial charge in [-0.25, -0.2) is 4.79 Å². The van der Waals surface area contributed by atoms with Gasteiger partial charge in [-0.1, -0.05) is 32.9 Å². The summed E-state index contributed by atoms with van der Waals surface area (Å²) in [7, 11) is 0. The van der Waals surface area contributed by atoms with Crippen LogP contribution in [-0.2, 0) is 27.0 Å². The number of urea groups is 1. The van der Waals surface area contributed by atoms with E-state index >= 15 is 0 Å². The summed E-state index contributed by atoms with van der Waals surface area (Å²) in [4.78, 5) is 40.4. The average Bonchev–Trinajstić information content (AvgIpc) is 3.22. The molecule has 0 bridgehead atoms. The van der Waals surface area contributed by atoms with E-state index in [1.165, 1.54) is 0 Å².